The Hall–Kier alpha value is -1.65. The van der Waals surface area contributed by atoms with Gasteiger partial charge in [-0.05, 0) is 11.8 Å². The highest BCUT2D eigenvalue weighted by Crippen LogP contribution is 2.19. The zero-order valence-electron chi connectivity index (χ0n) is 9.70. The summed E-state index contributed by atoms with van der Waals surface area (Å²) in [5.74, 6) is -0.747. The van der Waals surface area contributed by atoms with Crippen molar-refractivity contribution in [1.82, 2.24) is 9.97 Å². The maximum absolute atomic E-state index is 11.2. The Morgan fingerprint density at radius 3 is 2.62 bits per heavy atom. The van der Waals surface area contributed by atoms with Gasteiger partial charge in [-0.2, -0.15) is 0 Å². The highest BCUT2D eigenvalue weighted by Gasteiger charge is 2.13. The average molecular weight is 224 g/mol. The lowest BCUT2D eigenvalue weighted by molar-refractivity contribution is 0.0689. The van der Waals surface area contributed by atoms with E-state index in [1.54, 1.807) is 0 Å². The average Bonchev–Trinajstić information content (AvgIpc) is 2.13. The largest absolute Gasteiger partial charge is 0.477 e. The molecule has 0 bridgehead atoms. The number of aromatic carboxylic acids is 1. The predicted molar refractivity (Wildman–Crippen MR) is 59.6 cm³/mol. The van der Waals surface area contributed by atoms with Crippen molar-refractivity contribution in [3.8, 4) is 0 Å². The lowest BCUT2D eigenvalue weighted by atomic mass is 9.90. The first-order chi connectivity index (χ1) is 7.28. The summed E-state index contributed by atoms with van der Waals surface area (Å²) in [6.45, 7) is 6.23. The molecule has 88 valence electrons. The molecule has 5 heteroatoms. The number of nitrogens with zero attached hydrogens (tertiary/aromatic N) is 1. The van der Waals surface area contributed by atoms with E-state index in [-0.39, 0.29) is 11.1 Å². The van der Waals surface area contributed by atoms with Crippen LogP contribution in [0.15, 0.2) is 10.9 Å². The van der Waals surface area contributed by atoms with Gasteiger partial charge in [0.05, 0.1) is 0 Å². The van der Waals surface area contributed by atoms with Crippen LogP contribution >= 0.6 is 0 Å². The van der Waals surface area contributed by atoms with E-state index in [1.165, 1.54) is 0 Å². The normalized spacial score (nSPS) is 11.4. The van der Waals surface area contributed by atoms with Crippen LogP contribution in [0.4, 0.5) is 0 Å². The summed E-state index contributed by atoms with van der Waals surface area (Å²) in [6, 6.07) is 0.989. The van der Waals surface area contributed by atoms with Gasteiger partial charge in [-0.25, -0.2) is 9.78 Å². The summed E-state index contributed by atoms with van der Waals surface area (Å²) in [4.78, 5) is 28.3. The maximum Gasteiger partial charge on any atom is 0.354 e. The van der Waals surface area contributed by atoms with Crippen molar-refractivity contribution in [3.05, 3.63) is 27.9 Å². The molecule has 5 nitrogen and oxygen atoms in total. The van der Waals surface area contributed by atoms with E-state index in [4.69, 9.17) is 5.11 Å². The first-order valence-electron chi connectivity index (χ1n) is 5.11. The van der Waals surface area contributed by atoms with E-state index in [0.717, 1.165) is 12.5 Å². The number of aromatic nitrogens is 2. The van der Waals surface area contributed by atoms with E-state index in [1.807, 2.05) is 0 Å². The van der Waals surface area contributed by atoms with Crippen molar-refractivity contribution in [2.45, 2.75) is 33.6 Å². The molecule has 0 amide bonds. The minimum absolute atomic E-state index is 0.123. The second-order valence-electron chi connectivity index (χ2n) is 4.94. The lowest BCUT2D eigenvalue weighted by Gasteiger charge is -2.17. The maximum atomic E-state index is 11.2. The number of H-pyrrole nitrogens is 1. The molecule has 0 atom stereocenters. The van der Waals surface area contributed by atoms with E-state index >= 15 is 0 Å². The van der Waals surface area contributed by atoms with Crippen LogP contribution < -0.4 is 5.56 Å². The fourth-order valence-electron chi connectivity index (χ4n) is 1.23. The van der Waals surface area contributed by atoms with E-state index < -0.39 is 11.5 Å². The molecule has 0 aromatic carbocycles. The Bertz CT molecular complexity index is 443. The number of aromatic amines is 1. The first kappa shape index (κ1) is 12.4. The Morgan fingerprint density at radius 1 is 1.50 bits per heavy atom. The second-order valence-corrected chi connectivity index (χ2v) is 4.94. The number of carboxylic acids is 1. The molecule has 0 saturated carbocycles. The number of carbonyl (C=O) groups is 1. The zero-order chi connectivity index (χ0) is 12.3. The molecular formula is C11H16N2O3. The standard InChI is InChI=1S/C11H16N2O3/c1-11(2,3)5-4-8-12-7(10(15)16)6-9(14)13-8/h6H,4-5H2,1-3H3,(H,15,16)(H,12,13,14). The third kappa shape index (κ3) is 3.84. The van der Waals surface area contributed by atoms with Gasteiger partial charge in [0, 0.05) is 12.5 Å². The van der Waals surface area contributed by atoms with Crippen LogP contribution in [-0.2, 0) is 6.42 Å². The van der Waals surface area contributed by atoms with Gasteiger partial charge in [-0.1, -0.05) is 20.8 Å². The van der Waals surface area contributed by atoms with Crippen molar-refractivity contribution in [3.63, 3.8) is 0 Å². The van der Waals surface area contributed by atoms with Crippen LogP contribution in [0.3, 0.4) is 0 Å². The van der Waals surface area contributed by atoms with Crippen LogP contribution in [0.5, 0.6) is 0 Å². The van der Waals surface area contributed by atoms with Gasteiger partial charge in [0.2, 0.25) is 0 Å². The van der Waals surface area contributed by atoms with Gasteiger partial charge < -0.3 is 10.1 Å². The number of hydrogen-bond donors (Lipinski definition) is 2. The molecule has 0 spiro atoms. The van der Waals surface area contributed by atoms with Crippen LogP contribution in [0.2, 0.25) is 0 Å². The van der Waals surface area contributed by atoms with E-state index in [9.17, 15) is 9.59 Å². The van der Waals surface area contributed by atoms with Gasteiger partial charge in [0.15, 0.2) is 5.69 Å². The summed E-state index contributed by atoms with van der Waals surface area (Å²) in [6.07, 6.45) is 1.40. The topological polar surface area (TPSA) is 83.0 Å². The lowest BCUT2D eigenvalue weighted by Crippen LogP contribution is -2.17. The molecule has 0 aliphatic rings. The molecule has 2 N–H and O–H groups in total. The summed E-state index contributed by atoms with van der Waals surface area (Å²) in [7, 11) is 0. The zero-order valence-corrected chi connectivity index (χ0v) is 9.70. The molecule has 0 saturated heterocycles. The first-order valence-corrected chi connectivity index (χ1v) is 5.11. The van der Waals surface area contributed by atoms with Gasteiger partial charge in [-0.15, -0.1) is 0 Å². The van der Waals surface area contributed by atoms with Crippen LogP contribution in [0, 0.1) is 5.41 Å². The third-order valence-electron chi connectivity index (χ3n) is 2.12. The quantitative estimate of drug-likeness (QED) is 0.813. The van der Waals surface area contributed by atoms with Crippen LogP contribution in [0.25, 0.3) is 0 Å². The number of carboxylic acid groups (broad SMARTS) is 1. The minimum Gasteiger partial charge on any atom is -0.477 e. The Balaban J connectivity index is 2.89. The number of aryl methyl sites for hydroxylation is 1. The smallest absolute Gasteiger partial charge is 0.354 e. The molecule has 0 radical (unpaired) electrons. The minimum atomic E-state index is -1.18. The summed E-state index contributed by atoms with van der Waals surface area (Å²) in [5, 5.41) is 8.75. The fourth-order valence-corrected chi connectivity index (χ4v) is 1.23. The summed E-state index contributed by atoms with van der Waals surface area (Å²) in [5.41, 5.74) is -0.499. The monoisotopic (exact) mass is 224 g/mol. The molecule has 1 aromatic rings. The van der Waals surface area contributed by atoms with Gasteiger partial charge in [-0.3, -0.25) is 4.79 Å². The number of hydrogen-bond acceptors (Lipinski definition) is 3. The molecular weight excluding hydrogens is 208 g/mol. The Kier molecular flexibility index (Phi) is 3.47. The molecule has 16 heavy (non-hydrogen) atoms. The molecule has 0 aliphatic carbocycles. The highest BCUT2D eigenvalue weighted by atomic mass is 16.4. The summed E-state index contributed by atoms with van der Waals surface area (Å²) >= 11 is 0. The van der Waals surface area contributed by atoms with E-state index in [2.05, 4.69) is 30.7 Å². The summed E-state index contributed by atoms with van der Waals surface area (Å²) < 4.78 is 0. The van der Waals surface area contributed by atoms with E-state index in [0.29, 0.717) is 12.2 Å². The van der Waals surface area contributed by atoms with Gasteiger partial charge in [0.1, 0.15) is 5.82 Å². The highest BCUT2D eigenvalue weighted by molar-refractivity contribution is 5.85. The second kappa shape index (κ2) is 4.47. The van der Waals surface area contributed by atoms with Gasteiger partial charge >= 0.3 is 5.97 Å². The molecule has 1 aromatic heterocycles. The van der Waals surface area contributed by atoms with Crippen molar-refractivity contribution in [2.75, 3.05) is 0 Å². The van der Waals surface area contributed by atoms with Crippen molar-refractivity contribution < 1.29 is 9.90 Å². The van der Waals surface area contributed by atoms with Crippen molar-refractivity contribution in [1.29, 1.82) is 0 Å². The Morgan fingerprint density at radius 2 is 2.12 bits per heavy atom. The SMILES string of the molecule is CC(C)(C)CCc1nc(C(=O)O)cc(=O)[nH]1. The fraction of sp³-hybridized carbons (Fsp3) is 0.545. The van der Waals surface area contributed by atoms with Crippen LogP contribution in [-0.4, -0.2) is 21.0 Å². The molecule has 0 aliphatic heterocycles. The molecule has 0 fully saturated rings. The van der Waals surface area contributed by atoms with Crippen LogP contribution in [0.1, 0.15) is 43.5 Å². The third-order valence-corrected chi connectivity index (χ3v) is 2.12. The van der Waals surface area contributed by atoms with Gasteiger partial charge in [0.25, 0.3) is 5.56 Å². The molecule has 1 heterocycles. The number of rotatable bonds is 3. The predicted octanol–water partition coefficient (Wildman–Crippen LogP) is 1.45. The van der Waals surface area contributed by atoms with Crippen molar-refractivity contribution in [2.24, 2.45) is 5.41 Å². The molecule has 0 unspecified atom stereocenters. The van der Waals surface area contributed by atoms with Crippen molar-refractivity contribution >= 4 is 5.97 Å². The molecule has 1 rings (SSSR count). The number of nitrogens with one attached hydrogen (secondary N) is 1. The Labute approximate surface area is 93.5 Å².